The van der Waals surface area contributed by atoms with Gasteiger partial charge in [-0.2, -0.15) is 0 Å². The fourth-order valence-electron chi connectivity index (χ4n) is 1.43. The summed E-state index contributed by atoms with van der Waals surface area (Å²) < 4.78 is 25.8. The lowest BCUT2D eigenvalue weighted by atomic mass is 10.3. The largest absolute Gasteiger partial charge is 0.369 e. The summed E-state index contributed by atoms with van der Waals surface area (Å²) in [6.45, 7) is 0. The van der Waals surface area contributed by atoms with Gasteiger partial charge in [0.15, 0.2) is 5.96 Å². The lowest BCUT2D eigenvalue weighted by molar-refractivity contribution is 0.628. The summed E-state index contributed by atoms with van der Waals surface area (Å²) in [7, 11) is 0. The molecule has 0 radical (unpaired) electrons. The van der Waals surface area contributed by atoms with Gasteiger partial charge in [0.1, 0.15) is 11.6 Å². The highest BCUT2D eigenvalue weighted by molar-refractivity contribution is 5.93. The molecule has 0 fully saturated rings. The van der Waals surface area contributed by atoms with E-state index in [1.807, 2.05) is 0 Å². The molecule has 2 rings (SSSR count). The summed E-state index contributed by atoms with van der Waals surface area (Å²) in [6.07, 6.45) is 0. The highest BCUT2D eigenvalue weighted by Gasteiger charge is 1.98. The van der Waals surface area contributed by atoms with Crippen LogP contribution in [0.5, 0.6) is 0 Å². The van der Waals surface area contributed by atoms with Gasteiger partial charge in [0.2, 0.25) is 0 Å². The molecule has 92 valence electrons. The molecule has 2 aromatic carbocycles. The summed E-state index contributed by atoms with van der Waals surface area (Å²) >= 11 is 0. The lowest BCUT2D eigenvalue weighted by Gasteiger charge is -2.05. The van der Waals surface area contributed by atoms with Crippen LogP contribution < -0.4 is 11.1 Å². The third-order valence-electron chi connectivity index (χ3n) is 2.15. The maximum absolute atomic E-state index is 12.9. The summed E-state index contributed by atoms with van der Waals surface area (Å²) in [5, 5.41) is 2.72. The number of anilines is 1. The fourth-order valence-corrected chi connectivity index (χ4v) is 1.43. The Morgan fingerprint density at radius 2 is 1.67 bits per heavy atom. The summed E-state index contributed by atoms with van der Waals surface area (Å²) in [5.74, 6) is -0.709. The maximum Gasteiger partial charge on any atom is 0.198 e. The van der Waals surface area contributed by atoms with Crippen LogP contribution in [0.4, 0.5) is 20.2 Å². The monoisotopic (exact) mass is 247 g/mol. The van der Waals surface area contributed by atoms with E-state index in [9.17, 15) is 8.78 Å². The number of hydrogen-bond acceptors (Lipinski definition) is 1. The van der Waals surface area contributed by atoms with Gasteiger partial charge in [0, 0.05) is 5.69 Å². The second-order valence-corrected chi connectivity index (χ2v) is 3.61. The molecule has 0 heterocycles. The van der Waals surface area contributed by atoms with E-state index in [-0.39, 0.29) is 11.8 Å². The van der Waals surface area contributed by atoms with Crippen molar-refractivity contribution in [2.24, 2.45) is 10.7 Å². The highest BCUT2D eigenvalue weighted by atomic mass is 19.1. The second-order valence-electron chi connectivity index (χ2n) is 3.61. The number of hydrogen-bond donors (Lipinski definition) is 2. The first-order valence-electron chi connectivity index (χ1n) is 5.26. The smallest absolute Gasteiger partial charge is 0.198 e. The average molecular weight is 247 g/mol. The first-order chi connectivity index (χ1) is 8.63. The molecule has 0 amide bonds. The molecule has 2 aromatic rings. The minimum atomic E-state index is -0.394. The molecule has 5 heteroatoms. The van der Waals surface area contributed by atoms with Gasteiger partial charge >= 0.3 is 0 Å². The van der Waals surface area contributed by atoms with Crippen molar-refractivity contribution < 1.29 is 8.78 Å². The van der Waals surface area contributed by atoms with E-state index in [1.54, 1.807) is 18.2 Å². The molecule has 3 nitrogen and oxygen atoms in total. The van der Waals surface area contributed by atoms with E-state index in [4.69, 9.17) is 5.73 Å². The molecule has 0 spiro atoms. The Balaban J connectivity index is 2.14. The van der Waals surface area contributed by atoms with Crippen molar-refractivity contribution in [2.45, 2.75) is 0 Å². The molecule has 0 unspecified atom stereocenters. The molecule has 0 aliphatic carbocycles. The van der Waals surface area contributed by atoms with Crippen LogP contribution in [0.15, 0.2) is 53.5 Å². The molecule has 0 saturated heterocycles. The molecule has 0 aromatic heterocycles. The van der Waals surface area contributed by atoms with Crippen LogP contribution in [0, 0.1) is 11.6 Å². The summed E-state index contributed by atoms with van der Waals surface area (Å²) in [6, 6.07) is 11.5. The van der Waals surface area contributed by atoms with Crippen molar-refractivity contribution in [3.63, 3.8) is 0 Å². The van der Waals surface area contributed by atoms with Crippen molar-refractivity contribution in [1.82, 2.24) is 0 Å². The Kier molecular flexibility index (Phi) is 3.52. The second kappa shape index (κ2) is 5.27. The van der Waals surface area contributed by atoms with Crippen molar-refractivity contribution in [2.75, 3.05) is 5.32 Å². The van der Waals surface area contributed by atoms with Gasteiger partial charge in [0.25, 0.3) is 0 Å². The number of benzene rings is 2. The van der Waals surface area contributed by atoms with Gasteiger partial charge in [-0.1, -0.05) is 12.1 Å². The van der Waals surface area contributed by atoms with Crippen molar-refractivity contribution >= 4 is 17.3 Å². The number of nitrogens with zero attached hydrogens (tertiary/aromatic N) is 1. The van der Waals surface area contributed by atoms with Crippen LogP contribution in [0.25, 0.3) is 0 Å². The van der Waals surface area contributed by atoms with E-state index in [1.165, 1.54) is 30.3 Å². The normalized spacial score (nSPS) is 11.3. The van der Waals surface area contributed by atoms with Crippen LogP contribution in [0.3, 0.4) is 0 Å². The molecule has 3 N–H and O–H groups in total. The molecule has 0 bridgehead atoms. The number of guanidine groups is 1. The van der Waals surface area contributed by atoms with Crippen LogP contribution in [0.2, 0.25) is 0 Å². The third-order valence-corrected chi connectivity index (χ3v) is 2.15. The Morgan fingerprint density at radius 1 is 1.00 bits per heavy atom. The molecule has 0 aliphatic rings. The van der Waals surface area contributed by atoms with Crippen LogP contribution in [0.1, 0.15) is 0 Å². The zero-order chi connectivity index (χ0) is 13.0. The van der Waals surface area contributed by atoms with E-state index in [2.05, 4.69) is 10.3 Å². The SMILES string of the molecule is NC(=Nc1cccc(F)c1)Nc1cccc(F)c1. The Labute approximate surface area is 103 Å². The predicted octanol–water partition coefficient (Wildman–Crippen LogP) is 3.02. The van der Waals surface area contributed by atoms with Gasteiger partial charge in [-0.25, -0.2) is 13.8 Å². The van der Waals surface area contributed by atoms with Gasteiger partial charge in [-0.05, 0) is 36.4 Å². The van der Waals surface area contributed by atoms with E-state index >= 15 is 0 Å². The number of rotatable bonds is 2. The number of nitrogens with two attached hydrogens (primary N) is 1. The Morgan fingerprint density at radius 3 is 2.33 bits per heavy atom. The van der Waals surface area contributed by atoms with Gasteiger partial charge in [0.05, 0.1) is 5.69 Å². The van der Waals surface area contributed by atoms with Crippen molar-refractivity contribution in [1.29, 1.82) is 0 Å². The quantitative estimate of drug-likeness (QED) is 0.633. The van der Waals surface area contributed by atoms with E-state index < -0.39 is 5.82 Å². The van der Waals surface area contributed by atoms with Gasteiger partial charge in [-0.3, -0.25) is 0 Å². The zero-order valence-corrected chi connectivity index (χ0v) is 9.40. The average Bonchev–Trinajstić information content (AvgIpc) is 2.28. The van der Waals surface area contributed by atoms with Gasteiger partial charge < -0.3 is 11.1 Å². The first kappa shape index (κ1) is 12.0. The maximum atomic E-state index is 12.9. The third kappa shape index (κ3) is 3.28. The van der Waals surface area contributed by atoms with Crippen LogP contribution in [-0.2, 0) is 0 Å². The Bertz CT molecular complexity index is 582. The molecule has 18 heavy (non-hydrogen) atoms. The minimum absolute atomic E-state index is 0.0613. The lowest BCUT2D eigenvalue weighted by Crippen LogP contribution is -2.21. The molecule has 0 aliphatic heterocycles. The molecular formula is C13H11F2N3. The van der Waals surface area contributed by atoms with Gasteiger partial charge in [-0.15, -0.1) is 0 Å². The van der Waals surface area contributed by atoms with Crippen molar-refractivity contribution in [3.05, 3.63) is 60.2 Å². The highest BCUT2D eigenvalue weighted by Crippen LogP contribution is 2.14. The molecule has 0 saturated carbocycles. The number of nitrogens with one attached hydrogen (secondary N) is 1. The topological polar surface area (TPSA) is 50.4 Å². The summed E-state index contributed by atoms with van der Waals surface area (Å²) in [5.41, 5.74) is 6.50. The minimum Gasteiger partial charge on any atom is -0.369 e. The first-order valence-corrected chi connectivity index (χ1v) is 5.26. The molecule has 0 atom stereocenters. The summed E-state index contributed by atoms with van der Waals surface area (Å²) in [4.78, 5) is 3.97. The Hall–Kier alpha value is -2.43. The van der Waals surface area contributed by atoms with Crippen molar-refractivity contribution in [3.8, 4) is 0 Å². The fraction of sp³-hybridized carbons (Fsp3) is 0. The van der Waals surface area contributed by atoms with Crippen LogP contribution in [-0.4, -0.2) is 5.96 Å². The standard InChI is InChI=1S/C13H11F2N3/c14-9-3-1-5-11(7-9)17-13(16)18-12-6-2-4-10(15)8-12/h1-8H,(H3,16,17,18). The number of aliphatic imine (C=N–C) groups is 1. The molecular weight excluding hydrogens is 236 g/mol. The number of halogens is 2. The predicted molar refractivity (Wildman–Crippen MR) is 67.7 cm³/mol. The zero-order valence-electron chi connectivity index (χ0n) is 9.40. The van der Waals surface area contributed by atoms with Crippen LogP contribution >= 0.6 is 0 Å². The van der Waals surface area contributed by atoms with E-state index in [0.29, 0.717) is 11.4 Å². The van der Waals surface area contributed by atoms with E-state index in [0.717, 1.165) is 0 Å².